The first-order valence-corrected chi connectivity index (χ1v) is 2.59. The Bertz CT molecular complexity index is 205. The Kier molecular flexibility index (Phi) is 1.63. The monoisotopic (exact) mass is 124 g/mol. The molecule has 1 rings (SSSR count). The van der Waals surface area contributed by atoms with Crippen LogP contribution >= 0.6 is 0 Å². The Morgan fingerprint density at radius 2 is 2.67 bits per heavy atom. The average Bonchev–Trinajstić information content (AvgIpc) is 2.18. The van der Waals surface area contributed by atoms with Gasteiger partial charge in [-0.05, 0) is 6.92 Å². The summed E-state index contributed by atoms with van der Waals surface area (Å²) in [6.45, 7) is 1.84. The molecule has 0 unspecified atom stereocenters. The van der Waals surface area contributed by atoms with Crippen molar-refractivity contribution in [2.24, 2.45) is 0 Å². The van der Waals surface area contributed by atoms with Crippen molar-refractivity contribution in [2.45, 2.75) is 13.3 Å². The molecule has 0 saturated carbocycles. The van der Waals surface area contributed by atoms with Crippen molar-refractivity contribution in [3.05, 3.63) is 17.5 Å². The molecule has 0 aliphatic carbocycles. The summed E-state index contributed by atoms with van der Waals surface area (Å²) in [5.74, 6) is 0. The second-order valence-corrected chi connectivity index (χ2v) is 1.77. The molecular formula is C6H6NO2. The zero-order chi connectivity index (χ0) is 6.69. The van der Waals surface area contributed by atoms with Crippen LogP contribution in [-0.4, -0.2) is 11.4 Å². The Morgan fingerprint density at radius 3 is 3.11 bits per heavy atom. The molecule has 3 nitrogen and oxygen atoms in total. The van der Waals surface area contributed by atoms with Gasteiger partial charge in [0.05, 0.1) is 12.1 Å². The molecule has 0 atom stereocenters. The molecule has 47 valence electrons. The fraction of sp³-hybridized carbons (Fsp3) is 0.333. The summed E-state index contributed by atoms with van der Waals surface area (Å²) in [5.41, 5.74) is 1.57. The fourth-order valence-corrected chi connectivity index (χ4v) is 0.549. The molecule has 1 aromatic rings. The molecule has 0 aromatic carbocycles. The van der Waals surface area contributed by atoms with E-state index < -0.39 is 0 Å². The van der Waals surface area contributed by atoms with E-state index in [0.29, 0.717) is 5.69 Å². The molecule has 0 amide bonds. The molecule has 1 heterocycles. The second-order valence-electron chi connectivity index (χ2n) is 1.77. The van der Waals surface area contributed by atoms with Crippen LogP contribution in [0.1, 0.15) is 11.3 Å². The SMILES string of the molecule is Cc1conc1C[C]=O. The van der Waals surface area contributed by atoms with Crippen LogP contribution in [0.25, 0.3) is 0 Å². The quantitative estimate of drug-likeness (QED) is 0.580. The Labute approximate surface area is 52.7 Å². The van der Waals surface area contributed by atoms with E-state index in [2.05, 4.69) is 9.68 Å². The van der Waals surface area contributed by atoms with Gasteiger partial charge in [0.2, 0.25) is 6.29 Å². The second kappa shape index (κ2) is 2.44. The maximum absolute atomic E-state index is 9.82. The lowest BCUT2D eigenvalue weighted by atomic mass is 10.2. The lowest BCUT2D eigenvalue weighted by Crippen LogP contribution is -1.86. The van der Waals surface area contributed by atoms with Crippen LogP contribution in [0.3, 0.4) is 0 Å². The summed E-state index contributed by atoms with van der Waals surface area (Å²) in [5, 5.41) is 3.57. The van der Waals surface area contributed by atoms with Crippen LogP contribution < -0.4 is 0 Å². The van der Waals surface area contributed by atoms with Crippen molar-refractivity contribution in [3.8, 4) is 0 Å². The minimum atomic E-state index is 0.225. The van der Waals surface area contributed by atoms with Crippen LogP contribution in [0, 0.1) is 6.92 Å². The van der Waals surface area contributed by atoms with E-state index in [4.69, 9.17) is 0 Å². The summed E-state index contributed by atoms with van der Waals surface area (Å²) >= 11 is 0. The molecule has 1 radical (unpaired) electrons. The Morgan fingerprint density at radius 1 is 1.89 bits per heavy atom. The summed E-state index contributed by atoms with van der Waals surface area (Å²) in [7, 11) is 0. The third-order valence-electron chi connectivity index (χ3n) is 1.09. The van der Waals surface area contributed by atoms with E-state index in [1.807, 2.05) is 6.92 Å². The van der Waals surface area contributed by atoms with Crippen LogP contribution in [0.4, 0.5) is 0 Å². The zero-order valence-electron chi connectivity index (χ0n) is 5.05. The molecule has 0 N–H and O–H groups in total. The molecule has 0 bridgehead atoms. The minimum absolute atomic E-state index is 0.225. The predicted molar refractivity (Wildman–Crippen MR) is 30.6 cm³/mol. The molecule has 3 heteroatoms. The number of nitrogens with zero attached hydrogens (tertiary/aromatic N) is 1. The van der Waals surface area contributed by atoms with Crippen LogP contribution in [0.5, 0.6) is 0 Å². The zero-order valence-corrected chi connectivity index (χ0v) is 5.05. The van der Waals surface area contributed by atoms with Gasteiger partial charge in [-0.25, -0.2) is 0 Å². The molecule has 0 aliphatic rings. The van der Waals surface area contributed by atoms with Crippen molar-refractivity contribution >= 4 is 6.29 Å². The van der Waals surface area contributed by atoms with E-state index >= 15 is 0 Å². The van der Waals surface area contributed by atoms with Gasteiger partial charge in [0.25, 0.3) is 0 Å². The Hall–Kier alpha value is -1.12. The van der Waals surface area contributed by atoms with Gasteiger partial charge in [0.1, 0.15) is 6.26 Å². The highest BCUT2D eigenvalue weighted by molar-refractivity contribution is 5.55. The number of hydrogen-bond donors (Lipinski definition) is 0. The number of hydrogen-bond acceptors (Lipinski definition) is 3. The van der Waals surface area contributed by atoms with E-state index in [1.165, 1.54) is 6.26 Å². The van der Waals surface area contributed by atoms with Gasteiger partial charge in [0, 0.05) is 5.56 Å². The van der Waals surface area contributed by atoms with Crippen molar-refractivity contribution in [1.82, 2.24) is 5.16 Å². The van der Waals surface area contributed by atoms with Crippen LogP contribution in [0.15, 0.2) is 10.8 Å². The predicted octanol–water partition coefficient (Wildman–Crippen LogP) is 0.635. The summed E-state index contributed by atoms with van der Waals surface area (Å²) in [4.78, 5) is 9.82. The van der Waals surface area contributed by atoms with Gasteiger partial charge in [-0.15, -0.1) is 0 Å². The van der Waals surface area contributed by atoms with Gasteiger partial charge in [-0.2, -0.15) is 0 Å². The third kappa shape index (κ3) is 1.16. The van der Waals surface area contributed by atoms with E-state index in [0.717, 1.165) is 5.56 Å². The van der Waals surface area contributed by atoms with Crippen molar-refractivity contribution in [3.63, 3.8) is 0 Å². The first-order valence-electron chi connectivity index (χ1n) is 2.59. The smallest absolute Gasteiger partial charge is 0.204 e. The van der Waals surface area contributed by atoms with Gasteiger partial charge >= 0.3 is 0 Å². The topological polar surface area (TPSA) is 43.1 Å². The summed E-state index contributed by atoms with van der Waals surface area (Å²) in [6.07, 6.45) is 3.47. The molecule has 0 spiro atoms. The first-order chi connectivity index (χ1) is 4.34. The normalized spacial score (nSPS) is 9.44. The minimum Gasteiger partial charge on any atom is -0.364 e. The molecule has 9 heavy (non-hydrogen) atoms. The van der Waals surface area contributed by atoms with Crippen molar-refractivity contribution < 1.29 is 9.32 Å². The number of aryl methyl sites for hydroxylation is 1. The van der Waals surface area contributed by atoms with E-state index in [9.17, 15) is 4.79 Å². The summed E-state index contributed by atoms with van der Waals surface area (Å²) in [6, 6.07) is 0. The highest BCUT2D eigenvalue weighted by Gasteiger charge is 2.00. The average molecular weight is 124 g/mol. The highest BCUT2D eigenvalue weighted by Crippen LogP contribution is 2.02. The summed E-state index contributed by atoms with van der Waals surface area (Å²) < 4.78 is 4.57. The molecule has 1 aromatic heterocycles. The van der Waals surface area contributed by atoms with Crippen LogP contribution in [0.2, 0.25) is 0 Å². The van der Waals surface area contributed by atoms with Gasteiger partial charge in [-0.3, -0.25) is 4.79 Å². The standard InChI is InChI=1S/C6H6NO2/c1-5-4-9-7-6(5)2-3-8/h4H,2H2,1H3. The van der Waals surface area contributed by atoms with Crippen LogP contribution in [-0.2, 0) is 11.2 Å². The fourth-order valence-electron chi connectivity index (χ4n) is 0.549. The highest BCUT2D eigenvalue weighted by atomic mass is 16.5. The number of carbonyl (C=O) groups excluding carboxylic acids is 1. The van der Waals surface area contributed by atoms with Gasteiger partial charge in [-0.1, -0.05) is 5.16 Å². The van der Waals surface area contributed by atoms with E-state index in [-0.39, 0.29) is 6.42 Å². The Balaban J connectivity index is 2.80. The first kappa shape index (κ1) is 6.01. The van der Waals surface area contributed by atoms with Gasteiger partial charge < -0.3 is 4.52 Å². The lowest BCUT2D eigenvalue weighted by molar-refractivity contribution is 0.413. The largest absolute Gasteiger partial charge is 0.364 e. The number of aromatic nitrogens is 1. The molecular weight excluding hydrogens is 118 g/mol. The maximum atomic E-state index is 9.82. The van der Waals surface area contributed by atoms with Crippen molar-refractivity contribution in [2.75, 3.05) is 0 Å². The molecule has 0 fully saturated rings. The maximum Gasteiger partial charge on any atom is 0.204 e. The van der Waals surface area contributed by atoms with E-state index in [1.54, 1.807) is 6.29 Å². The van der Waals surface area contributed by atoms with Crippen molar-refractivity contribution in [1.29, 1.82) is 0 Å². The van der Waals surface area contributed by atoms with Gasteiger partial charge in [0.15, 0.2) is 0 Å². The third-order valence-corrected chi connectivity index (χ3v) is 1.09. The lowest BCUT2D eigenvalue weighted by Gasteiger charge is -1.81. The molecule has 0 aliphatic heterocycles. The number of rotatable bonds is 2. The molecule has 0 saturated heterocycles.